The molecule has 2 rings (SSSR count). The molecular formula is C11H14F2N2. The summed E-state index contributed by atoms with van der Waals surface area (Å²) < 4.78 is 26.3. The number of nitrogen functional groups attached to an aromatic ring is 1. The summed E-state index contributed by atoms with van der Waals surface area (Å²) in [7, 11) is 0. The van der Waals surface area contributed by atoms with Crippen molar-refractivity contribution in [2.45, 2.75) is 18.8 Å². The second-order valence-electron chi connectivity index (χ2n) is 3.98. The molecule has 15 heavy (non-hydrogen) atoms. The second-order valence-corrected chi connectivity index (χ2v) is 3.98. The highest BCUT2D eigenvalue weighted by Crippen LogP contribution is 2.30. The first kappa shape index (κ1) is 10.2. The summed E-state index contributed by atoms with van der Waals surface area (Å²) >= 11 is 0. The topological polar surface area (TPSA) is 29.3 Å². The Labute approximate surface area is 87.7 Å². The van der Waals surface area contributed by atoms with Gasteiger partial charge in [0.05, 0.1) is 6.54 Å². The Morgan fingerprint density at radius 1 is 1.33 bits per heavy atom. The van der Waals surface area contributed by atoms with Crippen LogP contribution in [0.15, 0.2) is 24.3 Å². The van der Waals surface area contributed by atoms with Gasteiger partial charge < -0.3 is 10.6 Å². The second kappa shape index (κ2) is 3.68. The summed E-state index contributed by atoms with van der Waals surface area (Å²) in [6.45, 7) is 0.482. The van der Waals surface area contributed by atoms with Gasteiger partial charge in [-0.3, -0.25) is 0 Å². The van der Waals surface area contributed by atoms with Gasteiger partial charge in [0.2, 0.25) is 0 Å². The van der Waals surface area contributed by atoms with E-state index in [1.807, 2.05) is 6.07 Å². The Balaban J connectivity index is 2.17. The van der Waals surface area contributed by atoms with Crippen molar-refractivity contribution in [3.63, 3.8) is 0 Å². The van der Waals surface area contributed by atoms with Crippen LogP contribution in [0.4, 0.5) is 20.2 Å². The molecule has 1 saturated heterocycles. The van der Waals surface area contributed by atoms with Crippen LogP contribution >= 0.6 is 0 Å². The van der Waals surface area contributed by atoms with Crippen LogP contribution in [0, 0.1) is 0 Å². The van der Waals surface area contributed by atoms with Crippen molar-refractivity contribution in [1.82, 2.24) is 0 Å². The Kier molecular flexibility index (Phi) is 2.50. The lowest BCUT2D eigenvalue weighted by molar-refractivity contribution is -0.0116. The van der Waals surface area contributed by atoms with E-state index >= 15 is 0 Å². The van der Waals surface area contributed by atoms with Crippen molar-refractivity contribution in [2.75, 3.05) is 23.7 Å². The minimum atomic E-state index is -2.57. The monoisotopic (exact) mass is 212 g/mol. The van der Waals surface area contributed by atoms with Gasteiger partial charge in [-0.15, -0.1) is 0 Å². The molecule has 0 aliphatic carbocycles. The predicted molar refractivity (Wildman–Crippen MR) is 57.2 cm³/mol. The lowest BCUT2D eigenvalue weighted by Gasteiger charge is -2.34. The molecule has 0 amide bonds. The molecule has 0 spiro atoms. The van der Waals surface area contributed by atoms with E-state index in [0.717, 1.165) is 5.69 Å². The standard InChI is InChI=1S/C11H14F2N2/c12-11(13)5-2-6-15(8-11)10-4-1-3-9(14)7-10/h1,3-4,7H,2,5-6,8,14H2. The molecule has 0 aromatic heterocycles. The number of nitrogens with two attached hydrogens (primary N) is 1. The fourth-order valence-electron chi connectivity index (χ4n) is 1.91. The number of hydrogen-bond acceptors (Lipinski definition) is 2. The van der Waals surface area contributed by atoms with Crippen molar-refractivity contribution < 1.29 is 8.78 Å². The fourth-order valence-corrected chi connectivity index (χ4v) is 1.91. The number of benzene rings is 1. The molecule has 4 heteroatoms. The molecule has 0 bridgehead atoms. The summed E-state index contributed by atoms with van der Waals surface area (Å²) in [5.74, 6) is -2.57. The molecule has 1 aliphatic rings. The summed E-state index contributed by atoms with van der Waals surface area (Å²) in [6, 6.07) is 7.10. The van der Waals surface area contributed by atoms with Crippen molar-refractivity contribution in [1.29, 1.82) is 0 Å². The van der Waals surface area contributed by atoms with E-state index in [1.165, 1.54) is 0 Å². The Morgan fingerprint density at radius 3 is 2.80 bits per heavy atom. The van der Waals surface area contributed by atoms with Gasteiger partial charge in [-0.1, -0.05) is 6.07 Å². The SMILES string of the molecule is Nc1cccc(N2CCCC(F)(F)C2)c1. The third-order valence-electron chi connectivity index (χ3n) is 2.63. The van der Waals surface area contributed by atoms with Gasteiger partial charge in [-0.05, 0) is 24.6 Å². The molecule has 0 atom stereocenters. The Hall–Kier alpha value is -1.32. The quantitative estimate of drug-likeness (QED) is 0.725. The summed E-state index contributed by atoms with van der Waals surface area (Å²) in [5.41, 5.74) is 7.02. The predicted octanol–water partition coefficient (Wildman–Crippen LogP) is 2.50. The first-order valence-corrected chi connectivity index (χ1v) is 5.05. The van der Waals surface area contributed by atoms with Gasteiger partial charge in [0.1, 0.15) is 0 Å². The highest BCUT2D eigenvalue weighted by Gasteiger charge is 2.35. The van der Waals surface area contributed by atoms with Gasteiger partial charge in [-0.25, -0.2) is 8.78 Å². The van der Waals surface area contributed by atoms with Gasteiger partial charge in [0.25, 0.3) is 5.92 Å². The molecule has 1 aromatic rings. The zero-order valence-corrected chi connectivity index (χ0v) is 8.42. The molecular weight excluding hydrogens is 198 g/mol. The molecule has 1 fully saturated rings. The maximum atomic E-state index is 13.2. The first-order chi connectivity index (χ1) is 7.07. The number of anilines is 2. The number of hydrogen-bond donors (Lipinski definition) is 1. The van der Waals surface area contributed by atoms with Gasteiger partial charge >= 0.3 is 0 Å². The lowest BCUT2D eigenvalue weighted by atomic mass is 10.1. The fraction of sp³-hybridized carbons (Fsp3) is 0.455. The average Bonchev–Trinajstić information content (AvgIpc) is 2.16. The molecule has 0 unspecified atom stereocenters. The molecule has 2 N–H and O–H groups in total. The average molecular weight is 212 g/mol. The van der Waals surface area contributed by atoms with Crippen LogP contribution < -0.4 is 10.6 Å². The van der Waals surface area contributed by atoms with Crippen molar-refractivity contribution >= 4 is 11.4 Å². The molecule has 0 saturated carbocycles. The normalized spacial score (nSPS) is 20.3. The van der Waals surface area contributed by atoms with Crippen LogP contribution in [0.3, 0.4) is 0 Å². The zero-order chi connectivity index (χ0) is 10.9. The molecule has 2 nitrogen and oxygen atoms in total. The van der Waals surface area contributed by atoms with Crippen molar-refractivity contribution in [3.05, 3.63) is 24.3 Å². The highest BCUT2D eigenvalue weighted by molar-refractivity contribution is 5.56. The molecule has 82 valence electrons. The Bertz CT molecular complexity index is 352. The number of nitrogens with zero attached hydrogens (tertiary/aromatic N) is 1. The lowest BCUT2D eigenvalue weighted by Crippen LogP contribution is -2.42. The van der Waals surface area contributed by atoms with E-state index in [1.54, 1.807) is 23.1 Å². The van der Waals surface area contributed by atoms with Crippen molar-refractivity contribution in [3.8, 4) is 0 Å². The number of halogens is 2. The van der Waals surface area contributed by atoms with E-state index in [-0.39, 0.29) is 13.0 Å². The largest absolute Gasteiger partial charge is 0.399 e. The van der Waals surface area contributed by atoms with Gasteiger partial charge in [-0.2, -0.15) is 0 Å². The van der Waals surface area contributed by atoms with Gasteiger partial charge in [0.15, 0.2) is 0 Å². The van der Waals surface area contributed by atoms with E-state index in [9.17, 15) is 8.78 Å². The van der Waals surface area contributed by atoms with E-state index in [0.29, 0.717) is 18.7 Å². The summed E-state index contributed by atoms with van der Waals surface area (Å²) in [4.78, 5) is 1.69. The highest BCUT2D eigenvalue weighted by atomic mass is 19.3. The molecule has 1 aliphatic heterocycles. The first-order valence-electron chi connectivity index (χ1n) is 5.05. The minimum Gasteiger partial charge on any atom is -0.399 e. The number of piperidine rings is 1. The van der Waals surface area contributed by atoms with E-state index in [2.05, 4.69) is 0 Å². The van der Waals surface area contributed by atoms with Crippen LogP contribution in [-0.2, 0) is 0 Å². The number of alkyl halides is 2. The summed E-state index contributed by atoms with van der Waals surface area (Å²) in [5, 5.41) is 0. The van der Waals surface area contributed by atoms with Gasteiger partial charge in [0, 0.05) is 24.3 Å². The third kappa shape index (κ3) is 2.37. The third-order valence-corrected chi connectivity index (χ3v) is 2.63. The Morgan fingerprint density at radius 2 is 2.13 bits per heavy atom. The maximum absolute atomic E-state index is 13.2. The van der Waals surface area contributed by atoms with E-state index in [4.69, 9.17) is 5.73 Å². The van der Waals surface area contributed by atoms with Crippen LogP contribution in [0.2, 0.25) is 0 Å². The molecule has 0 radical (unpaired) electrons. The van der Waals surface area contributed by atoms with Crippen LogP contribution in [0.1, 0.15) is 12.8 Å². The van der Waals surface area contributed by atoms with Crippen molar-refractivity contribution in [2.24, 2.45) is 0 Å². The molecule has 1 aromatic carbocycles. The summed E-state index contributed by atoms with van der Waals surface area (Å²) in [6.07, 6.45) is 0.521. The number of rotatable bonds is 1. The van der Waals surface area contributed by atoms with Crippen LogP contribution in [0.5, 0.6) is 0 Å². The molecule has 1 heterocycles. The smallest absolute Gasteiger partial charge is 0.265 e. The minimum absolute atomic E-state index is 0.00812. The maximum Gasteiger partial charge on any atom is 0.265 e. The van der Waals surface area contributed by atoms with Crippen LogP contribution in [-0.4, -0.2) is 19.0 Å². The van der Waals surface area contributed by atoms with Crippen LogP contribution in [0.25, 0.3) is 0 Å². The van der Waals surface area contributed by atoms with E-state index < -0.39 is 5.92 Å². The zero-order valence-electron chi connectivity index (χ0n) is 8.42.